The number of carbonyl (C=O) groups is 2. The van der Waals surface area contributed by atoms with Crippen molar-refractivity contribution in [2.75, 3.05) is 36.6 Å². The number of benzene rings is 1. The van der Waals surface area contributed by atoms with E-state index in [1.807, 2.05) is 0 Å². The summed E-state index contributed by atoms with van der Waals surface area (Å²) < 4.78 is 0. The number of amides is 2. The van der Waals surface area contributed by atoms with Gasteiger partial charge in [-0.25, -0.2) is 0 Å². The third-order valence-corrected chi connectivity index (χ3v) is 3.65. The van der Waals surface area contributed by atoms with Crippen molar-refractivity contribution in [3.05, 3.63) is 29.8 Å². The smallest absolute Gasteiger partial charge is 0.253 e. The molecule has 0 atom stereocenters. The van der Waals surface area contributed by atoms with Crippen molar-refractivity contribution in [1.29, 1.82) is 0 Å². The van der Waals surface area contributed by atoms with Crippen LogP contribution in [0.2, 0.25) is 0 Å². The molecule has 2 aromatic rings. The maximum absolute atomic E-state index is 11.9. The topological polar surface area (TPSA) is 140 Å². The number of thioether (sulfide) groups is 1. The molecule has 2 rings (SSSR count). The number of hydrogen-bond acceptors (Lipinski definition) is 8. The summed E-state index contributed by atoms with van der Waals surface area (Å²) in [5.74, 6) is -0.253. The molecule has 24 heavy (non-hydrogen) atoms. The second-order valence-corrected chi connectivity index (χ2v) is 5.89. The molecular weight excluding hydrogens is 330 g/mol. The lowest BCUT2D eigenvalue weighted by molar-refractivity contribution is -0.113. The molecule has 0 aliphatic heterocycles. The first-order valence-corrected chi connectivity index (χ1v) is 7.85. The van der Waals surface area contributed by atoms with Gasteiger partial charge in [-0.3, -0.25) is 9.59 Å². The minimum atomic E-state index is -0.246. The summed E-state index contributed by atoms with van der Waals surface area (Å²) in [6.45, 7) is 0. The SMILES string of the molecule is CN(C)C(=O)c1ccc(NC(=O)CSc2nc(N)nc(N)n2)cc1. The molecule has 0 saturated heterocycles. The Kier molecular flexibility index (Phi) is 5.53. The number of nitrogens with zero attached hydrogens (tertiary/aromatic N) is 4. The zero-order chi connectivity index (χ0) is 17.7. The van der Waals surface area contributed by atoms with E-state index in [1.165, 1.54) is 4.90 Å². The van der Waals surface area contributed by atoms with Crippen LogP contribution in [0.25, 0.3) is 0 Å². The van der Waals surface area contributed by atoms with Crippen LogP contribution in [0.3, 0.4) is 0 Å². The summed E-state index contributed by atoms with van der Waals surface area (Å²) in [4.78, 5) is 36.6. The number of hydrogen-bond donors (Lipinski definition) is 3. The molecule has 1 aromatic heterocycles. The van der Waals surface area contributed by atoms with Gasteiger partial charge in [-0.1, -0.05) is 11.8 Å². The number of carbonyl (C=O) groups excluding carboxylic acids is 2. The summed E-state index contributed by atoms with van der Waals surface area (Å²) in [7, 11) is 3.35. The molecule has 1 heterocycles. The molecule has 0 fully saturated rings. The quantitative estimate of drug-likeness (QED) is 0.663. The summed E-state index contributed by atoms with van der Waals surface area (Å²) >= 11 is 1.09. The van der Waals surface area contributed by atoms with Crippen molar-refractivity contribution >= 4 is 41.2 Å². The zero-order valence-corrected chi connectivity index (χ0v) is 14.0. The molecule has 2 amide bonds. The van der Waals surface area contributed by atoms with Gasteiger partial charge in [0.05, 0.1) is 5.75 Å². The van der Waals surface area contributed by atoms with Crippen LogP contribution in [0.5, 0.6) is 0 Å². The number of rotatable bonds is 5. The van der Waals surface area contributed by atoms with Crippen LogP contribution in [0.4, 0.5) is 17.6 Å². The molecule has 5 N–H and O–H groups in total. The predicted molar refractivity (Wildman–Crippen MR) is 92.5 cm³/mol. The maximum Gasteiger partial charge on any atom is 0.253 e. The molecule has 0 aliphatic carbocycles. The molecule has 10 heteroatoms. The number of nitrogen functional groups attached to an aromatic ring is 2. The van der Waals surface area contributed by atoms with E-state index < -0.39 is 0 Å². The third-order valence-electron chi connectivity index (χ3n) is 2.80. The van der Waals surface area contributed by atoms with Gasteiger partial charge >= 0.3 is 0 Å². The lowest BCUT2D eigenvalue weighted by Crippen LogP contribution is -2.21. The molecule has 0 bridgehead atoms. The van der Waals surface area contributed by atoms with E-state index in [1.54, 1.807) is 38.4 Å². The molecule has 0 unspecified atom stereocenters. The summed E-state index contributed by atoms with van der Waals surface area (Å²) in [6.07, 6.45) is 0. The largest absolute Gasteiger partial charge is 0.368 e. The van der Waals surface area contributed by atoms with Crippen LogP contribution in [0.1, 0.15) is 10.4 Å². The van der Waals surface area contributed by atoms with Gasteiger partial charge in [0, 0.05) is 25.3 Å². The van der Waals surface area contributed by atoms with Crippen LogP contribution in [0.15, 0.2) is 29.4 Å². The zero-order valence-electron chi connectivity index (χ0n) is 13.2. The Bertz CT molecular complexity index is 729. The fourth-order valence-corrected chi connectivity index (χ4v) is 2.38. The van der Waals surface area contributed by atoms with Crippen molar-refractivity contribution < 1.29 is 9.59 Å². The van der Waals surface area contributed by atoms with Gasteiger partial charge in [0.15, 0.2) is 5.16 Å². The van der Waals surface area contributed by atoms with Gasteiger partial charge < -0.3 is 21.7 Å². The van der Waals surface area contributed by atoms with Gasteiger partial charge in [-0.05, 0) is 24.3 Å². The first-order valence-electron chi connectivity index (χ1n) is 6.86. The summed E-state index contributed by atoms with van der Waals surface area (Å²) in [6, 6.07) is 6.63. The fourth-order valence-electron chi connectivity index (χ4n) is 1.73. The summed E-state index contributed by atoms with van der Waals surface area (Å²) in [5, 5.41) is 3.00. The van der Waals surface area contributed by atoms with Crippen molar-refractivity contribution in [3.8, 4) is 0 Å². The number of nitrogens with one attached hydrogen (secondary N) is 1. The normalized spacial score (nSPS) is 10.2. The van der Waals surface area contributed by atoms with Crippen LogP contribution in [-0.2, 0) is 4.79 Å². The fraction of sp³-hybridized carbons (Fsp3) is 0.214. The average Bonchev–Trinajstić information content (AvgIpc) is 2.52. The van der Waals surface area contributed by atoms with Gasteiger partial charge in [0.2, 0.25) is 17.8 Å². The van der Waals surface area contributed by atoms with E-state index in [2.05, 4.69) is 20.3 Å². The van der Waals surface area contributed by atoms with E-state index in [0.29, 0.717) is 11.3 Å². The van der Waals surface area contributed by atoms with E-state index in [0.717, 1.165) is 11.8 Å². The molecule has 0 aliphatic rings. The van der Waals surface area contributed by atoms with Gasteiger partial charge in [-0.15, -0.1) is 0 Å². The maximum atomic E-state index is 11.9. The third kappa shape index (κ3) is 4.81. The molecule has 1 aromatic carbocycles. The monoisotopic (exact) mass is 347 g/mol. The summed E-state index contributed by atoms with van der Waals surface area (Å²) in [5.41, 5.74) is 12.1. The number of aromatic nitrogens is 3. The van der Waals surface area contributed by atoms with E-state index >= 15 is 0 Å². The van der Waals surface area contributed by atoms with Crippen LogP contribution in [-0.4, -0.2) is 51.5 Å². The van der Waals surface area contributed by atoms with Crippen molar-refractivity contribution in [2.45, 2.75) is 5.16 Å². The molecule has 126 valence electrons. The molecule has 9 nitrogen and oxygen atoms in total. The Morgan fingerprint density at radius 2 is 1.67 bits per heavy atom. The lowest BCUT2D eigenvalue weighted by atomic mass is 10.2. The van der Waals surface area contributed by atoms with Crippen molar-refractivity contribution in [1.82, 2.24) is 19.9 Å². The van der Waals surface area contributed by atoms with Gasteiger partial charge in [0.1, 0.15) is 0 Å². The van der Waals surface area contributed by atoms with Gasteiger partial charge in [-0.2, -0.15) is 15.0 Å². The highest BCUT2D eigenvalue weighted by Gasteiger charge is 2.10. The minimum Gasteiger partial charge on any atom is -0.368 e. The molecule has 0 spiro atoms. The Hall–Kier alpha value is -2.88. The highest BCUT2D eigenvalue weighted by atomic mass is 32.2. The second-order valence-electron chi connectivity index (χ2n) is 4.95. The second kappa shape index (κ2) is 7.59. The predicted octanol–water partition coefficient (Wildman–Crippen LogP) is 0.469. The van der Waals surface area contributed by atoms with E-state index in [4.69, 9.17) is 11.5 Å². The number of nitrogens with two attached hydrogens (primary N) is 2. The van der Waals surface area contributed by atoms with Crippen LogP contribution < -0.4 is 16.8 Å². The van der Waals surface area contributed by atoms with E-state index in [9.17, 15) is 9.59 Å². The van der Waals surface area contributed by atoms with Gasteiger partial charge in [0.25, 0.3) is 5.91 Å². The van der Waals surface area contributed by atoms with Crippen molar-refractivity contribution in [3.63, 3.8) is 0 Å². The lowest BCUT2D eigenvalue weighted by Gasteiger charge is -2.11. The first-order chi connectivity index (χ1) is 11.3. The first kappa shape index (κ1) is 17.5. The van der Waals surface area contributed by atoms with Crippen molar-refractivity contribution in [2.24, 2.45) is 0 Å². The molecule has 0 radical (unpaired) electrons. The molecule has 0 saturated carbocycles. The Morgan fingerprint density at radius 3 is 2.21 bits per heavy atom. The van der Waals surface area contributed by atoms with E-state index in [-0.39, 0.29) is 34.6 Å². The van der Waals surface area contributed by atoms with Crippen LogP contribution >= 0.6 is 11.8 Å². The highest BCUT2D eigenvalue weighted by molar-refractivity contribution is 7.99. The Morgan fingerprint density at radius 1 is 1.08 bits per heavy atom. The standard InChI is InChI=1S/C14H17N7O2S/c1-21(2)11(23)8-3-5-9(6-4-8)17-10(22)7-24-14-19-12(15)18-13(16)20-14/h3-6H,7H2,1-2H3,(H,17,22)(H4,15,16,18,19,20). The van der Waals surface area contributed by atoms with Crippen LogP contribution in [0, 0.1) is 0 Å². The molecular formula is C14H17N7O2S. The number of anilines is 3. The average molecular weight is 347 g/mol. The Labute approximate surface area is 142 Å². The minimum absolute atomic E-state index is 0.00607. The highest BCUT2D eigenvalue weighted by Crippen LogP contribution is 2.16. The Balaban J connectivity index is 1.91.